The first-order valence-electron chi connectivity index (χ1n) is 9.94. The predicted octanol–water partition coefficient (Wildman–Crippen LogP) is 3.26. The minimum atomic E-state index is -3.82. The lowest BCUT2D eigenvalue weighted by Crippen LogP contribution is -2.37. The Morgan fingerprint density at radius 1 is 1.37 bits per heavy atom. The Hall–Kier alpha value is -1.94. The molecule has 7 nitrogen and oxygen atoms in total. The number of ether oxygens (including phenoxy) is 2. The predicted molar refractivity (Wildman–Crippen MR) is 116 cm³/mol. The van der Waals surface area contributed by atoms with Gasteiger partial charge >= 0.3 is 0 Å². The van der Waals surface area contributed by atoms with E-state index in [4.69, 9.17) is 9.47 Å². The van der Waals surface area contributed by atoms with Crippen molar-refractivity contribution in [2.75, 3.05) is 20.3 Å². The molecule has 1 aromatic carbocycles. The minimum absolute atomic E-state index is 0.00188. The third-order valence-electron chi connectivity index (χ3n) is 4.75. The average molecular weight is 453 g/mol. The van der Waals surface area contributed by atoms with E-state index in [-0.39, 0.29) is 28.7 Å². The Balaban J connectivity index is 1.92. The van der Waals surface area contributed by atoms with Crippen LogP contribution in [0.3, 0.4) is 0 Å². The number of nitrogens with zero attached hydrogens (tertiary/aromatic N) is 1. The van der Waals surface area contributed by atoms with Crippen LogP contribution in [-0.2, 0) is 21.3 Å². The van der Waals surface area contributed by atoms with E-state index < -0.39 is 10.0 Å². The van der Waals surface area contributed by atoms with Gasteiger partial charge in [0.1, 0.15) is 10.6 Å². The summed E-state index contributed by atoms with van der Waals surface area (Å²) in [7, 11) is -2.42. The highest BCUT2D eigenvalue weighted by molar-refractivity contribution is 7.89. The van der Waals surface area contributed by atoms with Crippen LogP contribution in [0, 0.1) is 0 Å². The second-order valence-corrected chi connectivity index (χ2v) is 10.3. The van der Waals surface area contributed by atoms with Gasteiger partial charge in [-0.2, -0.15) is 0 Å². The zero-order chi connectivity index (χ0) is 21.7. The smallest absolute Gasteiger partial charge is 0.254 e. The monoisotopic (exact) mass is 452 g/mol. The SMILES string of the molecule is COc1ccc(C(=O)N(Cc2cccs2)CC2CCCO2)cc1S(=O)(=O)NC(C)C. The molecule has 1 atom stereocenters. The van der Waals surface area contributed by atoms with Crippen LogP contribution in [0.1, 0.15) is 41.9 Å². The number of thiophene rings is 1. The summed E-state index contributed by atoms with van der Waals surface area (Å²) < 4.78 is 39.1. The van der Waals surface area contributed by atoms with E-state index in [9.17, 15) is 13.2 Å². The maximum absolute atomic E-state index is 13.4. The number of benzene rings is 1. The average Bonchev–Trinajstić information content (AvgIpc) is 3.39. The molecule has 2 aromatic rings. The minimum Gasteiger partial charge on any atom is -0.495 e. The first-order valence-corrected chi connectivity index (χ1v) is 12.3. The molecule has 0 saturated carbocycles. The van der Waals surface area contributed by atoms with Crippen LogP contribution in [0.2, 0.25) is 0 Å². The van der Waals surface area contributed by atoms with Crippen LogP contribution in [0.5, 0.6) is 5.75 Å². The van der Waals surface area contributed by atoms with Gasteiger partial charge in [0, 0.05) is 29.6 Å². The number of carbonyl (C=O) groups excluding carboxylic acids is 1. The summed E-state index contributed by atoms with van der Waals surface area (Å²) >= 11 is 1.58. The largest absolute Gasteiger partial charge is 0.495 e. The second-order valence-electron chi connectivity index (χ2n) is 7.54. The fourth-order valence-electron chi connectivity index (χ4n) is 3.42. The molecule has 0 spiro atoms. The number of carbonyl (C=O) groups is 1. The molecule has 0 radical (unpaired) electrons. The maximum Gasteiger partial charge on any atom is 0.254 e. The number of nitrogens with one attached hydrogen (secondary N) is 1. The van der Waals surface area contributed by atoms with Crippen LogP contribution in [0.15, 0.2) is 40.6 Å². The Kier molecular flexibility index (Phi) is 7.51. The fraction of sp³-hybridized carbons (Fsp3) is 0.476. The van der Waals surface area contributed by atoms with E-state index >= 15 is 0 Å². The van der Waals surface area contributed by atoms with Gasteiger partial charge in [-0.1, -0.05) is 6.07 Å². The van der Waals surface area contributed by atoms with E-state index in [1.807, 2.05) is 17.5 Å². The maximum atomic E-state index is 13.4. The van der Waals surface area contributed by atoms with Crippen molar-refractivity contribution in [1.82, 2.24) is 9.62 Å². The normalized spacial score (nSPS) is 16.7. The zero-order valence-corrected chi connectivity index (χ0v) is 19.1. The first-order chi connectivity index (χ1) is 14.3. The molecule has 2 heterocycles. The number of hydrogen-bond donors (Lipinski definition) is 1. The van der Waals surface area contributed by atoms with Crippen molar-refractivity contribution < 1.29 is 22.7 Å². The molecular weight excluding hydrogens is 424 g/mol. The summed E-state index contributed by atoms with van der Waals surface area (Å²) in [4.78, 5) is 16.1. The topological polar surface area (TPSA) is 84.9 Å². The standard InChI is InChI=1S/C21H28N2O5S2/c1-15(2)22-30(25,26)20-12-16(8-9-19(20)27-3)21(24)23(13-17-6-4-10-28-17)14-18-7-5-11-29-18/h5,7-9,11-12,15,17,22H,4,6,10,13-14H2,1-3H3. The van der Waals surface area contributed by atoms with Crippen molar-refractivity contribution in [2.24, 2.45) is 0 Å². The summed E-state index contributed by atoms with van der Waals surface area (Å²) in [5.74, 6) is -0.0359. The number of methoxy groups -OCH3 is 1. The number of hydrogen-bond acceptors (Lipinski definition) is 6. The Morgan fingerprint density at radius 2 is 2.17 bits per heavy atom. The first kappa shape index (κ1) is 22.7. The Bertz CT molecular complexity index is 952. The molecule has 1 fully saturated rings. The van der Waals surface area contributed by atoms with Crippen LogP contribution in [0.4, 0.5) is 0 Å². The number of rotatable bonds is 9. The van der Waals surface area contributed by atoms with Gasteiger partial charge in [0.05, 0.1) is 19.8 Å². The van der Waals surface area contributed by atoms with Crippen LogP contribution in [-0.4, -0.2) is 51.6 Å². The van der Waals surface area contributed by atoms with Gasteiger partial charge in [0.25, 0.3) is 5.91 Å². The van der Waals surface area contributed by atoms with Gasteiger partial charge < -0.3 is 14.4 Å². The molecule has 0 bridgehead atoms. The highest BCUT2D eigenvalue weighted by atomic mass is 32.2. The molecule has 1 unspecified atom stereocenters. The van der Waals surface area contributed by atoms with Crippen molar-refractivity contribution in [3.8, 4) is 5.75 Å². The van der Waals surface area contributed by atoms with E-state index in [1.54, 1.807) is 36.2 Å². The third-order valence-corrected chi connectivity index (χ3v) is 7.29. The van der Waals surface area contributed by atoms with E-state index in [0.29, 0.717) is 25.3 Å². The van der Waals surface area contributed by atoms with Crippen molar-refractivity contribution in [1.29, 1.82) is 0 Å². The summed E-state index contributed by atoms with van der Waals surface area (Å²) in [5.41, 5.74) is 0.300. The molecular formula is C21H28N2O5S2. The molecule has 1 aliphatic heterocycles. The molecule has 0 aliphatic carbocycles. The van der Waals surface area contributed by atoms with Crippen LogP contribution < -0.4 is 9.46 Å². The Morgan fingerprint density at radius 3 is 2.77 bits per heavy atom. The second kappa shape index (κ2) is 9.91. The molecule has 30 heavy (non-hydrogen) atoms. The summed E-state index contributed by atoms with van der Waals surface area (Å²) in [6, 6.07) is 8.17. The highest BCUT2D eigenvalue weighted by Crippen LogP contribution is 2.27. The highest BCUT2D eigenvalue weighted by Gasteiger charge is 2.27. The van der Waals surface area contributed by atoms with Crippen molar-refractivity contribution in [2.45, 2.75) is 50.3 Å². The van der Waals surface area contributed by atoms with E-state index in [0.717, 1.165) is 17.7 Å². The van der Waals surface area contributed by atoms with Gasteiger partial charge in [-0.3, -0.25) is 4.79 Å². The molecule has 1 amide bonds. The van der Waals surface area contributed by atoms with Crippen LogP contribution in [0.25, 0.3) is 0 Å². The molecule has 1 saturated heterocycles. The zero-order valence-electron chi connectivity index (χ0n) is 17.5. The van der Waals surface area contributed by atoms with Crippen molar-refractivity contribution in [3.05, 3.63) is 46.2 Å². The number of amides is 1. The fourth-order valence-corrected chi connectivity index (χ4v) is 5.59. The molecule has 1 aliphatic rings. The molecule has 1 N–H and O–H groups in total. The lowest BCUT2D eigenvalue weighted by atomic mass is 10.1. The quantitative estimate of drug-likeness (QED) is 0.631. The van der Waals surface area contributed by atoms with Gasteiger partial charge in [0.15, 0.2) is 0 Å². The summed E-state index contributed by atoms with van der Waals surface area (Å²) in [6.45, 7) is 5.11. The van der Waals surface area contributed by atoms with E-state index in [1.165, 1.54) is 19.2 Å². The molecule has 1 aromatic heterocycles. The lowest BCUT2D eigenvalue weighted by molar-refractivity contribution is 0.0509. The van der Waals surface area contributed by atoms with Crippen molar-refractivity contribution >= 4 is 27.3 Å². The van der Waals surface area contributed by atoms with Crippen molar-refractivity contribution in [3.63, 3.8) is 0 Å². The lowest BCUT2D eigenvalue weighted by Gasteiger charge is -2.25. The van der Waals surface area contributed by atoms with Gasteiger partial charge in [-0.15, -0.1) is 11.3 Å². The van der Waals surface area contributed by atoms with E-state index in [2.05, 4.69) is 4.72 Å². The summed E-state index contributed by atoms with van der Waals surface area (Å²) in [6.07, 6.45) is 1.89. The molecule has 3 rings (SSSR count). The molecule has 164 valence electrons. The van der Waals surface area contributed by atoms with Gasteiger partial charge in [-0.25, -0.2) is 13.1 Å². The summed E-state index contributed by atoms with van der Waals surface area (Å²) in [5, 5.41) is 1.97. The number of sulfonamides is 1. The Labute approximate surface area is 182 Å². The third kappa shape index (κ3) is 5.60. The van der Waals surface area contributed by atoms with Gasteiger partial charge in [0.2, 0.25) is 10.0 Å². The van der Waals surface area contributed by atoms with Crippen LogP contribution >= 0.6 is 11.3 Å². The molecule has 9 heteroatoms. The van der Waals surface area contributed by atoms with Gasteiger partial charge in [-0.05, 0) is 56.3 Å².